The molecule has 8 heteroatoms. The Morgan fingerprint density at radius 1 is 0.963 bits per heavy atom. The number of amides is 1. The van der Waals surface area contributed by atoms with Crippen LogP contribution in [0.15, 0.2) is 11.3 Å². The van der Waals surface area contributed by atoms with Gasteiger partial charge in [0, 0.05) is 43.4 Å². The first-order chi connectivity index (χ1) is 12.5. The van der Waals surface area contributed by atoms with Crippen molar-refractivity contribution in [2.24, 2.45) is 11.8 Å². The maximum Gasteiger partial charge on any atom is 0.454 e. The van der Waals surface area contributed by atoms with Gasteiger partial charge in [0.15, 0.2) is 0 Å². The van der Waals surface area contributed by atoms with Crippen LogP contribution in [-0.2, 0) is 9.53 Å². The quantitative estimate of drug-likeness (QED) is 0.723. The molecule has 1 aliphatic heterocycles. The van der Waals surface area contributed by atoms with Gasteiger partial charge in [-0.3, -0.25) is 4.79 Å². The topological polar surface area (TPSA) is 49.9 Å². The molecule has 27 heavy (non-hydrogen) atoms. The summed E-state index contributed by atoms with van der Waals surface area (Å²) in [4.78, 5) is 27.6. The average molecular weight is 388 g/mol. The summed E-state index contributed by atoms with van der Waals surface area (Å²) >= 11 is 0. The molecule has 152 valence electrons. The molecule has 0 bridgehead atoms. The van der Waals surface area contributed by atoms with E-state index in [1.54, 1.807) is 25.7 Å². The Balaban J connectivity index is 1.73. The van der Waals surface area contributed by atoms with Crippen molar-refractivity contribution in [2.45, 2.75) is 58.2 Å². The highest BCUT2D eigenvalue weighted by Gasteiger charge is 2.53. The molecule has 3 rings (SSSR count). The maximum absolute atomic E-state index is 13.1. The minimum Gasteiger partial charge on any atom is -0.444 e. The molecule has 3 aliphatic rings. The zero-order chi connectivity index (χ0) is 20.0. The molecule has 1 amide bonds. The van der Waals surface area contributed by atoms with Crippen LogP contribution in [0.1, 0.15) is 46.5 Å². The van der Waals surface area contributed by atoms with Gasteiger partial charge in [-0.15, -0.1) is 0 Å². The van der Waals surface area contributed by atoms with Crippen LogP contribution in [0, 0.1) is 11.8 Å². The maximum atomic E-state index is 13.1. The lowest BCUT2D eigenvalue weighted by atomic mass is 9.62. The molecule has 2 atom stereocenters. The van der Waals surface area contributed by atoms with E-state index >= 15 is 0 Å². The van der Waals surface area contributed by atoms with Gasteiger partial charge in [-0.2, -0.15) is 13.2 Å². The predicted molar refractivity (Wildman–Crippen MR) is 92.9 cm³/mol. The lowest BCUT2D eigenvalue weighted by Crippen LogP contribution is -2.54. The molecule has 1 saturated carbocycles. The van der Waals surface area contributed by atoms with Crippen molar-refractivity contribution >= 4 is 11.9 Å². The van der Waals surface area contributed by atoms with Gasteiger partial charge in [-0.25, -0.2) is 4.79 Å². The van der Waals surface area contributed by atoms with Crippen LogP contribution in [-0.4, -0.2) is 59.6 Å². The van der Waals surface area contributed by atoms with E-state index in [-0.39, 0.29) is 17.4 Å². The van der Waals surface area contributed by atoms with Gasteiger partial charge < -0.3 is 14.5 Å². The fraction of sp³-hybridized carbons (Fsp3) is 0.789. The van der Waals surface area contributed by atoms with Crippen LogP contribution >= 0.6 is 0 Å². The Morgan fingerprint density at radius 3 is 2.04 bits per heavy atom. The van der Waals surface area contributed by atoms with E-state index in [1.807, 2.05) is 4.90 Å². The number of carbonyl (C=O) groups excluding carboxylic acids is 2. The van der Waals surface area contributed by atoms with E-state index in [9.17, 15) is 22.8 Å². The van der Waals surface area contributed by atoms with Crippen LogP contribution in [0.2, 0.25) is 0 Å². The highest BCUT2D eigenvalue weighted by atomic mass is 19.4. The summed E-state index contributed by atoms with van der Waals surface area (Å²) in [6.45, 7) is 6.97. The molecule has 1 saturated heterocycles. The number of ether oxygens (including phenoxy) is 1. The van der Waals surface area contributed by atoms with E-state index in [2.05, 4.69) is 0 Å². The second-order valence-electron chi connectivity index (χ2n) is 8.58. The lowest BCUT2D eigenvalue weighted by Gasteiger charge is -2.50. The standard InChI is InChI=1S/C19H27F3N2O3/c1-18(2,3)27-17(26)24-10-8-23(9-11-24)15-13-7-5-4-6-12(13)14(15)16(25)19(20,21)22/h12-13H,4-11H2,1-3H3. The Hall–Kier alpha value is -1.73. The largest absolute Gasteiger partial charge is 0.454 e. The smallest absolute Gasteiger partial charge is 0.444 e. The number of hydrogen-bond acceptors (Lipinski definition) is 4. The molecule has 0 aromatic heterocycles. The number of hydrogen-bond donors (Lipinski definition) is 0. The summed E-state index contributed by atoms with van der Waals surface area (Å²) in [7, 11) is 0. The molecule has 0 N–H and O–H groups in total. The van der Waals surface area contributed by atoms with E-state index < -0.39 is 23.7 Å². The van der Waals surface area contributed by atoms with Crippen molar-refractivity contribution in [3.05, 3.63) is 11.3 Å². The zero-order valence-electron chi connectivity index (χ0n) is 16.1. The number of piperazine rings is 1. The molecular formula is C19H27F3N2O3. The number of carbonyl (C=O) groups is 2. The Labute approximate surface area is 157 Å². The van der Waals surface area contributed by atoms with Crippen molar-refractivity contribution < 1.29 is 27.5 Å². The minimum atomic E-state index is -4.83. The van der Waals surface area contributed by atoms with Crippen molar-refractivity contribution in [3.8, 4) is 0 Å². The SMILES string of the molecule is CC(C)(C)OC(=O)N1CCN(C2=C(C(=O)C(F)(F)F)C3CCCCC23)CC1. The molecule has 2 fully saturated rings. The number of nitrogens with zero attached hydrogens (tertiary/aromatic N) is 2. The molecule has 0 aromatic carbocycles. The summed E-state index contributed by atoms with van der Waals surface area (Å²) in [6.07, 6.45) is -1.90. The highest BCUT2D eigenvalue weighted by Crippen LogP contribution is 2.52. The van der Waals surface area contributed by atoms with Crippen LogP contribution in [0.4, 0.5) is 18.0 Å². The Bertz CT molecular complexity index is 644. The molecule has 2 aliphatic carbocycles. The zero-order valence-corrected chi connectivity index (χ0v) is 16.1. The van der Waals surface area contributed by atoms with Crippen LogP contribution in [0.25, 0.3) is 0 Å². The van der Waals surface area contributed by atoms with E-state index in [0.717, 1.165) is 19.3 Å². The lowest BCUT2D eigenvalue weighted by molar-refractivity contribution is -0.168. The van der Waals surface area contributed by atoms with Crippen molar-refractivity contribution in [3.63, 3.8) is 0 Å². The molecule has 0 aromatic rings. The Morgan fingerprint density at radius 2 is 1.52 bits per heavy atom. The fourth-order valence-corrected chi connectivity index (χ4v) is 4.40. The monoisotopic (exact) mass is 388 g/mol. The molecular weight excluding hydrogens is 361 g/mol. The van der Waals surface area contributed by atoms with Gasteiger partial charge in [0.25, 0.3) is 5.78 Å². The second-order valence-corrected chi connectivity index (χ2v) is 8.58. The van der Waals surface area contributed by atoms with Gasteiger partial charge >= 0.3 is 12.3 Å². The second kappa shape index (κ2) is 7.02. The molecule has 0 spiro atoms. The van der Waals surface area contributed by atoms with Gasteiger partial charge in [0.1, 0.15) is 5.60 Å². The average Bonchev–Trinajstić information content (AvgIpc) is 2.54. The minimum absolute atomic E-state index is 0.0297. The molecule has 5 nitrogen and oxygen atoms in total. The van der Waals surface area contributed by atoms with Crippen LogP contribution < -0.4 is 0 Å². The molecule has 0 radical (unpaired) electrons. The first-order valence-corrected chi connectivity index (χ1v) is 9.57. The molecule has 1 heterocycles. The van der Waals surface area contributed by atoms with E-state index in [0.29, 0.717) is 38.3 Å². The normalized spacial score (nSPS) is 26.4. The number of rotatable bonds is 2. The summed E-state index contributed by atoms with van der Waals surface area (Å²) in [5.41, 5.74) is -0.0458. The number of halogens is 3. The van der Waals surface area contributed by atoms with Crippen molar-refractivity contribution in [2.75, 3.05) is 26.2 Å². The third-order valence-corrected chi connectivity index (χ3v) is 5.54. The summed E-state index contributed by atoms with van der Waals surface area (Å²) in [6, 6.07) is 0. The first-order valence-electron chi connectivity index (χ1n) is 9.57. The van der Waals surface area contributed by atoms with Crippen molar-refractivity contribution in [1.29, 1.82) is 0 Å². The van der Waals surface area contributed by atoms with Gasteiger partial charge in [-0.05, 0) is 39.5 Å². The number of ketones is 1. The predicted octanol–water partition coefficient (Wildman–Crippen LogP) is 3.74. The summed E-state index contributed by atoms with van der Waals surface area (Å²) in [5.74, 6) is -1.89. The number of alkyl halides is 3. The van der Waals surface area contributed by atoms with Crippen molar-refractivity contribution in [1.82, 2.24) is 9.80 Å². The summed E-state index contributed by atoms with van der Waals surface area (Å²) < 4.78 is 44.6. The third kappa shape index (κ3) is 4.09. The summed E-state index contributed by atoms with van der Waals surface area (Å²) in [5, 5.41) is 0. The number of fused-ring (bicyclic) bond motifs is 1. The first kappa shape index (κ1) is 20.0. The number of Topliss-reactive ketones (excluding diaryl/α,β-unsaturated/α-hetero) is 1. The van der Waals surface area contributed by atoms with Gasteiger partial charge in [-0.1, -0.05) is 12.8 Å². The van der Waals surface area contributed by atoms with Gasteiger partial charge in [0.05, 0.1) is 0 Å². The van der Waals surface area contributed by atoms with E-state index in [4.69, 9.17) is 4.74 Å². The fourth-order valence-electron chi connectivity index (χ4n) is 4.40. The van der Waals surface area contributed by atoms with Crippen LogP contribution in [0.3, 0.4) is 0 Å². The van der Waals surface area contributed by atoms with E-state index in [1.165, 1.54) is 0 Å². The Kier molecular flexibility index (Phi) is 5.20. The highest BCUT2D eigenvalue weighted by molar-refractivity contribution is 6.02. The molecule has 2 unspecified atom stereocenters. The number of allylic oxidation sites excluding steroid dienone is 2. The third-order valence-electron chi connectivity index (χ3n) is 5.54. The van der Waals surface area contributed by atoms with Crippen LogP contribution in [0.5, 0.6) is 0 Å². The van der Waals surface area contributed by atoms with Gasteiger partial charge in [0.2, 0.25) is 0 Å².